The minimum atomic E-state index is -2.74. The predicted molar refractivity (Wildman–Crippen MR) is 104 cm³/mol. The molecule has 29 heavy (non-hydrogen) atoms. The van der Waals surface area contributed by atoms with E-state index in [0.717, 1.165) is 21.1 Å². The average molecular weight is 418 g/mol. The summed E-state index contributed by atoms with van der Waals surface area (Å²) in [5.74, 6) is -2.78. The van der Waals surface area contributed by atoms with Crippen molar-refractivity contribution < 1.29 is 18.7 Å². The van der Waals surface area contributed by atoms with E-state index in [1.807, 2.05) is 30.3 Å². The Labute approximate surface area is 169 Å². The first kappa shape index (κ1) is 18.6. The third kappa shape index (κ3) is 3.32. The predicted octanol–water partition coefficient (Wildman–Crippen LogP) is 1.08. The van der Waals surface area contributed by atoms with Gasteiger partial charge in [0.05, 0.1) is 29.7 Å². The Morgan fingerprint density at radius 2 is 2.14 bits per heavy atom. The Hall–Kier alpha value is -2.39. The Bertz CT molecular complexity index is 1060. The first-order chi connectivity index (χ1) is 13.9. The maximum absolute atomic E-state index is 13.3. The zero-order valence-electron chi connectivity index (χ0n) is 15.6. The lowest BCUT2D eigenvalue weighted by atomic mass is 9.74. The van der Waals surface area contributed by atoms with E-state index in [-0.39, 0.29) is 12.5 Å². The van der Waals surface area contributed by atoms with E-state index >= 15 is 0 Å². The summed E-state index contributed by atoms with van der Waals surface area (Å²) in [6.07, 6.45) is 1.70. The normalized spacial score (nSPS) is 23.3. The maximum Gasteiger partial charge on any atom is 0.252 e. The number of hydrogen-bond donors (Lipinski definition) is 2. The van der Waals surface area contributed by atoms with Crippen LogP contribution in [0.5, 0.6) is 0 Å². The van der Waals surface area contributed by atoms with Crippen molar-refractivity contribution in [1.82, 2.24) is 9.88 Å². The molecule has 1 unspecified atom stereocenters. The van der Waals surface area contributed by atoms with Crippen molar-refractivity contribution in [2.75, 3.05) is 18.5 Å². The molecule has 1 amide bonds. The van der Waals surface area contributed by atoms with Gasteiger partial charge in [0.1, 0.15) is 6.04 Å². The van der Waals surface area contributed by atoms with Gasteiger partial charge in [-0.25, -0.2) is 13.8 Å². The molecular weight excluding hydrogens is 398 g/mol. The number of anilines is 1. The van der Waals surface area contributed by atoms with Crippen molar-refractivity contribution in [2.45, 2.75) is 43.3 Å². The molecule has 1 saturated carbocycles. The highest BCUT2D eigenvalue weighted by Crippen LogP contribution is 2.47. The van der Waals surface area contributed by atoms with Crippen molar-refractivity contribution in [1.29, 1.82) is 0 Å². The Morgan fingerprint density at radius 1 is 1.34 bits per heavy atom. The molecule has 1 atom stereocenters. The number of hydrogen-bond acceptors (Lipinski definition) is 6. The highest BCUT2D eigenvalue weighted by molar-refractivity contribution is 7.15. The van der Waals surface area contributed by atoms with Crippen LogP contribution in [0.2, 0.25) is 0 Å². The van der Waals surface area contributed by atoms with E-state index in [9.17, 15) is 18.7 Å². The van der Waals surface area contributed by atoms with Crippen molar-refractivity contribution >= 4 is 28.5 Å². The minimum absolute atomic E-state index is 0.0415. The van der Waals surface area contributed by atoms with Gasteiger partial charge in [-0.1, -0.05) is 29.5 Å². The molecule has 0 spiro atoms. The number of alkyl halides is 2. The number of aliphatic hydroxyl groups is 1. The fourth-order valence-corrected chi connectivity index (χ4v) is 5.40. The molecule has 9 heteroatoms. The first-order valence-electron chi connectivity index (χ1n) is 9.55. The van der Waals surface area contributed by atoms with Crippen LogP contribution in [0, 0.1) is 0 Å². The molecule has 1 aliphatic carbocycles. The molecule has 1 fully saturated rings. The van der Waals surface area contributed by atoms with E-state index in [2.05, 4.69) is 15.3 Å². The highest BCUT2D eigenvalue weighted by atomic mass is 32.1. The number of nitrogens with zero attached hydrogens (tertiary/aromatic N) is 3. The summed E-state index contributed by atoms with van der Waals surface area (Å²) < 4.78 is 26.6. The van der Waals surface area contributed by atoms with Gasteiger partial charge in [-0.3, -0.25) is 9.79 Å². The molecule has 1 aromatic heterocycles. The lowest BCUT2D eigenvalue weighted by molar-refractivity contribution is -0.132. The van der Waals surface area contributed by atoms with Gasteiger partial charge in [0, 0.05) is 30.7 Å². The second-order valence-corrected chi connectivity index (χ2v) is 9.05. The van der Waals surface area contributed by atoms with Crippen molar-refractivity contribution in [3.8, 4) is 0 Å². The number of fused-ring (bicyclic) bond motifs is 2. The van der Waals surface area contributed by atoms with Crippen LogP contribution in [0.3, 0.4) is 0 Å². The molecule has 0 radical (unpaired) electrons. The lowest BCUT2D eigenvalue weighted by Gasteiger charge is -2.46. The van der Waals surface area contributed by atoms with E-state index in [4.69, 9.17) is 0 Å². The van der Waals surface area contributed by atoms with Gasteiger partial charge in [0.2, 0.25) is 0 Å². The van der Waals surface area contributed by atoms with Crippen LogP contribution in [0.1, 0.15) is 23.4 Å². The van der Waals surface area contributed by atoms with Crippen LogP contribution < -0.4 is 15.9 Å². The Balaban J connectivity index is 1.29. The zero-order chi connectivity index (χ0) is 20.2. The van der Waals surface area contributed by atoms with Gasteiger partial charge in [0.25, 0.3) is 11.8 Å². The number of aromatic nitrogens is 1. The number of nitrogens with one attached hydrogen (secondary N) is 1. The molecule has 0 saturated heterocycles. The van der Waals surface area contributed by atoms with E-state index in [0.29, 0.717) is 24.6 Å². The summed E-state index contributed by atoms with van der Waals surface area (Å²) in [5.41, 5.74) is -0.125. The van der Waals surface area contributed by atoms with E-state index in [1.165, 1.54) is 11.3 Å². The van der Waals surface area contributed by atoms with Crippen LogP contribution in [0.15, 0.2) is 29.3 Å². The van der Waals surface area contributed by atoms with Gasteiger partial charge < -0.3 is 15.3 Å². The molecule has 5 rings (SSSR count). The number of amides is 1. The zero-order valence-corrected chi connectivity index (χ0v) is 16.4. The second kappa shape index (κ2) is 6.56. The smallest absolute Gasteiger partial charge is 0.252 e. The molecule has 1 aromatic carbocycles. The van der Waals surface area contributed by atoms with Crippen LogP contribution >= 0.6 is 11.3 Å². The highest BCUT2D eigenvalue weighted by Gasteiger charge is 2.56. The quantitative estimate of drug-likeness (QED) is 0.779. The Kier molecular flexibility index (Phi) is 4.22. The average Bonchev–Trinajstić information content (AvgIpc) is 3.28. The minimum Gasteiger partial charge on any atom is -0.394 e. The number of benzene rings is 1. The molecular formula is C20H20F2N4O2S. The summed E-state index contributed by atoms with van der Waals surface area (Å²) in [6, 6.07) is 7.17. The Morgan fingerprint density at radius 3 is 2.86 bits per heavy atom. The van der Waals surface area contributed by atoms with Gasteiger partial charge in [-0.05, 0) is 17.4 Å². The van der Waals surface area contributed by atoms with E-state index in [1.54, 1.807) is 4.90 Å². The number of thiazole rings is 1. The molecule has 0 bridgehead atoms. The number of carbonyl (C=O) groups excluding carboxylic acids is 1. The van der Waals surface area contributed by atoms with Gasteiger partial charge in [0.15, 0.2) is 5.13 Å². The molecule has 2 N–H and O–H groups in total. The van der Waals surface area contributed by atoms with Crippen molar-refractivity contribution in [3.63, 3.8) is 0 Å². The molecule has 3 heterocycles. The van der Waals surface area contributed by atoms with E-state index < -0.39 is 30.3 Å². The number of halogens is 2. The van der Waals surface area contributed by atoms with Gasteiger partial charge in [-0.15, -0.1) is 0 Å². The fourth-order valence-electron chi connectivity index (χ4n) is 4.26. The number of carbonyl (C=O) groups is 1. The van der Waals surface area contributed by atoms with Crippen LogP contribution in [-0.2, 0) is 17.8 Å². The third-order valence-corrected chi connectivity index (χ3v) is 6.71. The molecule has 152 valence electrons. The SMILES string of the molecule is O=C(C1C=c2ccccc2=N1)N1CCc2nc(NC3(CO)CC(F)(F)C3)sc2C1. The molecule has 6 nitrogen and oxygen atoms in total. The monoisotopic (exact) mass is 418 g/mol. The third-order valence-electron chi connectivity index (χ3n) is 5.72. The topological polar surface area (TPSA) is 77.8 Å². The summed E-state index contributed by atoms with van der Waals surface area (Å²) in [4.78, 5) is 24.7. The summed E-state index contributed by atoms with van der Waals surface area (Å²) in [6.45, 7) is 0.622. The molecule has 2 aliphatic heterocycles. The summed E-state index contributed by atoms with van der Waals surface area (Å²) in [5, 5.41) is 14.9. The molecule has 2 aromatic rings. The standard InChI is InChI=1S/C20H20F2N4O2S/c21-20(22)9-19(10-20,11-27)25-18-24-14-5-6-26(8-16(14)29-18)17(28)15-7-12-3-1-2-4-13(12)23-15/h1-4,7,15,27H,5-6,8-11H2,(H,24,25). The fraction of sp³-hybridized carbons (Fsp3) is 0.450. The van der Waals surface area contributed by atoms with Gasteiger partial charge >= 0.3 is 0 Å². The number of para-hydroxylation sites is 1. The second-order valence-electron chi connectivity index (χ2n) is 7.97. The van der Waals surface area contributed by atoms with Crippen LogP contribution in [0.4, 0.5) is 13.9 Å². The maximum atomic E-state index is 13.3. The van der Waals surface area contributed by atoms with Gasteiger partial charge in [-0.2, -0.15) is 0 Å². The summed E-state index contributed by atoms with van der Waals surface area (Å²) in [7, 11) is 0. The first-order valence-corrected chi connectivity index (χ1v) is 10.4. The lowest BCUT2D eigenvalue weighted by Crippen LogP contribution is -2.59. The summed E-state index contributed by atoms with van der Waals surface area (Å²) >= 11 is 1.37. The number of rotatable bonds is 4. The number of aliphatic hydroxyl groups excluding tert-OH is 1. The largest absolute Gasteiger partial charge is 0.394 e. The van der Waals surface area contributed by atoms with Crippen LogP contribution in [-0.4, -0.2) is 51.6 Å². The van der Waals surface area contributed by atoms with Crippen molar-refractivity contribution in [3.05, 3.63) is 45.4 Å². The van der Waals surface area contributed by atoms with Crippen molar-refractivity contribution in [2.24, 2.45) is 4.99 Å². The van der Waals surface area contributed by atoms with Crippen LogP contribution in [0.25, 0.3) is 6.08 Å². The molecule has 3 aliphatic rings.